The maximum absolute atomic E-state index is 6.89. The van der Waals surface area contributed by atoms with Crippen molar-refractivity contribution in [3.8, 4) is 17.1 Å². The van der Waals surface area contributed by atoms with Crippen molar-refractivity contribution in [2.75, 3.05) is 9.80 Å². The van der Waals surface area contributed by atoms with Gasteiger partial charge in [0.2, 0.25) is 0 Å². The first-order valence-electron chi connectivity index (χ1n) is 47.3. The van der Waals surface area contributed by atoms with Crippen molar-refractivity contribution in [2.45, 2.75) is 6.42 Å². The number of para-hydroxylation sites is 5. The second-order valence-electron chi connectivity index (χ2n) is 36.3. The number of furan rings is 4. The first-order valence-corrected chi connectivity index (χ1v) is 48.1. The van der Waals surface area contributed by atoms with Crippen LogP contribution < -0.4 is 9.80 Å². The van der Waals surface area contributed by atoms with Gasteiger partial charge < -0.3 is 41.2 Å². The molecule has 7 heterocycles. The molecule has 30 rings (SSSR count). The molecular formula is C129H79Cl2N5O4. The van der Waals surface area contributed by atoms with Crippen molar-refractivity contribution >= 4 is 264 Å². The van der Waals surface area contributed by atoms with E-state index in [4.69, 9.17) is 40.9 Å². The van der Waals surface area contributed by atoms with E-state index >= 15 is 0 Å². The van der Waals surface area contributed by atoms with Crippen LogP contribution in [0.1, 0.15) is 11.1 Å². The highest BCUT2D eigenvalue weighted by atomic mass is 35.5. The normalized spacial score (nSPS) is 12.0. The summed E-state index contributed by atoms with van der Waals surface area (Å²) in [5, 5.41) is 29.5. The number of hydrogen-bond donors (Lipinski definition) is 0. The Labute approximate surface area is 811 Å². The predicted octanol–water partition coefficient (Wildman–Crippen LogP) is 37.6. The number of fused-ring (bicyclic) bond motifs is 33. The van der Waals surface area contributed by atoms with Crippen molar-refractivity contribution in [2.24, 2.45) is 0 Å². The summed E-state index contributed by atoms with van der Waals surface area (Å²) < 4.78 is 33.0. The fourth-order valence-electron chi connectivity index (χ4n) is 22.3. The van der Waals surface area contributed by atoms with Crippen molar-refractivity contribution < 1.29 is 17.7 Å². The maximum Gasteiger partial charge on any atom is 0.137 e. The van der Waals surface area contributed by atoms with Crippen LogP contribution in [0.5, 0.6) is 0 Å². The van der Waals surface area contributed by atoms with Gasteiger partial charge >= 0.3 is 0 Å². The summed E-state index contributed by atoms with van der Waals surface area (Å²) in [5.41, 5.74) is 26.2. The number of anilines is 6. The number of nitrogens with zero attached hydrogens (tertiary/aromatic N) is 5. The summed E-state index contributed by atoms with van der Waals surface area (Å²) in [6, 6.07) is 166. The van der Waals surface area contributed by atoms with E-state index in [1.807, 2.05) is 48.5 Å². The van der Waals surface area contributed by atoms with Crippen LogP contribution >= 0.6 is 23.2 Å². The number of aromatic nitrogens is 3. The van der Waals surface area contributed by atoms with Gasteiger partial charge in [0.1, 0.15) is 44.7 Å². The Hall–Kier alpha value is -17.9. The van der Waals surface area contributed by atoms with Crippen LogP contribution in [0.2, 0.25) is 10.0 Å². The smallest absolute Gasteiger partial charge is 0.137 e. The van der Waals surface area contributed by atoms with E-state index in [0.29, 0.717) is 10.0 Å². The SMILES string of the molecule is Clc1ccc2c(c1)oc1ccc3c(ccc4oc5cc(Cl)ccc5c43)c12.c1ccc(Cc2ccc3c(c2)c2c4ccccc4ccc2n3-c2ccccc2)cc1.c1ccc(N(c2ccc3c(c2)oc2ccc4c(ccc5oc6cc(N(c7ccccc7)c7ccc8c(c7)c7c9ccccc9ccc7n8-c7ccccc7)ccc6c54)c23)c2ccc3c(c2)c2c4ccccc4ccc2n3-c2ccccc2)cc1. The summed E-state index contributed by atoms with van der Waals surface area (Å²) in [6.45, 7) is 0. The van der Waals surface area contributed by atoms with Gasteiger partial charge in [0, 0.05) is 161 Å². The van der Waals surface area contributed by atoms with E-state index in [-0.39, 0.29) is 0 Å². The van der Waals surface area contributed by atoms with Crippen molar-refractivity contribution in [3.05, 3.63) is 488 Å². The van der Waals surface area contributed by atoms with Gasteiger partial charge in [-0.1, -0.05) is 242 Å². The molecule has 30 aromatic rings. The minimum atomic E-state index is 0.668. The number of benzene rings is 23. The summed E-state index contributed by atoms with van der Waals surface area (Å²) in [4.78, 5) is 4.69. The van der Waals surface area contributed by atoms with E-state index < -0.39 is 0 Å². The Morgan fingerprint density at radius 1 is 0.171 bits per heavy atom. The van der Waals surface area contributed by atoms with E-state index in [9.17, 15) is 0 Å². The van der Waals surface area contributed by atoms with Gasteiger partial charge in [-0.05, 0) is 296 Å². The van der Waals surface area contributed by atoms with Gasteiger partial charge in [-0.2, -0.15) is 0 Å². The highest BCUT2D eigenvalue weighted by molar-refractivity contribution is 6.35. The molecule has 0 aliphatic heterocycles. The molecule has 23 aromatic carbocycles. The minimum absolute atomic E-state index is 0.668. The van der Waals surface area contributed by atoms with E-state index in [1.54, 1.807) is 0 Å². The molecule has 0 N–H and O–H groups in total. The lowest BCUT2D eigenvalue weighted by Crippen LogP contribution is -2.09. The maximum atomic E-state index is 6.89. The van der Waals surface area contributed by atoms with Crippen LogP contribution in [0, 0.1) is 0 Å². The zero-order chi connectivity index (χ0) is 92.3. The lowest BCUT2D eigenvalue weighted by molar-refractivity contribution is 0.668. The lowest BCUT2D eigenvalue weighted by Gasteiger charge is -2.25. The monoisotopic (exact) mass is 1830 g/mol. The largest absolute Gasteiger partial charge is 0.456 e. The first-order chi connectivity index (χ1) is 69.2. The molecule has 0 fully saturated rings. The van der Waals surface area contributed by atoms with Crippen molar-refractivity contribution in [1.82, 2.24) is 13.7 Å². The third kappa shape index (κ3) is 13.1. The topological polar surface area (TPSA) is 73.8 Å². The minimum Gasteiger partial charge on any atom is -0.456 e. The summed E-state index contributed by atoms with van der Waals surface area (Å²) in [5.74, 6) is 0. The molecule has 0 bridgehead atoms. The number of halogens is 2. The van der Waals surface area contributed by atoms with Crippen LogP contribution in [0.25, 0.3) is 224 Å². The Bertz CT molecular complexity index is 9820. The molecule has 0 radical (unpaired) electrons. The molecule has 0 saturated heterocycles. The van der Waals surface area contributed by atoms with Gasteiger partial charge in [0.15, 0.2) is 0 Å². The fourth-order valence-corrected chi connectivity index (χ4v) is 22.7. The molecule has 140 heavy (non-hydrogen) atoms. The Balaban J connectivity index is 0.000000138. The zero-order valence-corrected chi connectivity index (χ0v) is 76.8. The molecule has 0 saturated carbocycles. The fraction of sp³-hybridized carbons (Fsp3) is 0.00775. The van der Waals surface area contributed by atoms with Crippen LogP contribution in [0.3, 0.4) is 0 Å². The molecule has 11 heteroatoms. The lowest BCUT2D eigenvalue weighted by atomic mass is 9.99. The van der Waals surface area contributed by atoms with Gasteiger partial charge in [-0.15, -0.1) is 0 Å². The van der Waals surface area contributed by atoms with Gasteiger partial charge in [-0.3, -0.25) is 0 Å². The zero-order valence-electron chi connectivity index (χ0n) is 75.3. The van der Waals surface area contributed by atoms with Crippen LogP contribution in [0.4, 0.5) is 34.1 Å². The molecule has 0 aliphatic rings. The third-order valence-electron chi connectivity index (χ3n) is 28.4. The van der Waals surface area contributed by atoms with E-state index in [2.05, 4.69) is 442 Å². The van der Waals surface area contributed by atoms with Gasteiger partial charge in [0.05, 0.1) is 33.1 Å². The van der Waals surface area contributed by atoms with Crippen LogP contribution in [-0.4, -0.2) is 13.7 Å². The first kappa shape index (κ1) is 80.6. The molecule has 0 amide bonds. The number of rotatable bonds is 11. The summed E-state index contributed by atoms with van der Waals surface area (Å²) in [7, 11) is 0. The quantitative estimate of drug-likeness (QED) is 0.128. The molecule has 0 aliphatic carbocycles. The molecule has 0 unspecified atom stereocenters. The summed E-state index contributed by atoms with van der Waals surface area (Å²) in [6.07, 6.45) is 0.944. The van der Waals surface area contributed by atoms with E-state index in [1.165, 1.54) is 104 Å². The molecular weight excluding hydrogens is 1750 g/mol. The Kier molecular flexibility index (Phi) is 18.7. The molecule has 7 aromatic heterocycles. The second kappa shape index (κ2) is 32.4. The molecule has 658 valence electrons. The molecule has 0 spiro atoms. The van der Waals surface area contributed by atoms with E-state index in [0.717, 1.165) is 172 Å². The standard InChI is InChI=1S/C78H48N4O2.C29H21N.C22H10Cl2O2/c1-5-19-51(20-6-1)79(55-33-41-67-65(45-55)75-59-27-15-13-17-49(59)29-39-69(75)81(67)53-23-9-3-10-24-53)57-31-35-63-73(47-57)83-71-43-37-62-61(77(63)71)38-44-72-78(62)64-36-32-58(48-74(64)84-72)80(52-21-7-2-8-22-52)56-34-42-68-66(46-56)76-60-28-16-14-18-50(60)30-40-70(76)82(68)54-25-11-4-12-26-54;1-3-9-21(10-4-1)19-22-15-17-27-26(20-22)29-25-14-8-7-11-23(25)16-18-28(29)30(27)24-12-5-2-6-13-24;23-11-1-3-15-19(9-11)25-17-7-6-14-13(21(15)17)5-8-18-22(14)16-4-2-12(24)10-20(16)26-18/h1-48H;1-18,20H,19H2;1-10H. The Morgan fingerprint density at radius 2 is 0.450 bits per heavy atom. The van der Waals surface area contributed by atoms with Gasteiger partial charge in [-0.25, -0.2) is 0 Å². The molecule has 9 nitrogen and oxygen atoms in total. The third-order valence-corrected chi connectivity index (χ3v) is 28.8. The molecule has 0 atom stereocenters. The summed E-state index contributed by atoms with van der Waals surface area (Å²) >= 11 is 12.2. The van der Waals surface area contributed by atoms with Crippen LogP contribution in [-0.2, 0) is 6.42 Å². The highest BCUT2D eigenvalue weighted by Crippen LogP contribution is 2.51. The average Bonchev–Trinajstić information content (AvgIpc) is 1.57. The Morgan fingerprint density at radius 3 is 0.814 bits per heavy atom. The second-order valence-corrected chi connectivity index (χ2v) is 37.2. The van der Waals surface area contributed by atoms with Crippen molar-refractivity contribution in [1.29, 1.82) is 0 Å². The van der Waals surface area contributed by atoms with Crippen LogP contribution in [0.15, 0.2) is 485 Å². The van der Waals surface area contributed by atoms with Gasteiger partial charge in [0.25, 0.3) is 0 Å². The predicted molar refractivity (Wildman–Crippen MR) is 588 cm³/mol. The highest BCUT2D eigenvalue weighted by Gasteiger charge is 2.27. The van der Waals surface area contributed by atoms with Crippen molar-refractivity contribution in [3.63, 3.8) is 0 Å². The average molecular weight is 1830 g/mol. The number of hydrogen-bond acceptors (Lipinski definition) is 6.